The minimum absolute atomic E-state index is 0.382. The lowest BCUT2D eigenvalue weighted by Crippen LogP contribution is -2.47. The van der Waals surface area contributed by atoms with E-state index in [0.29, 0.717) is 12.1 Å². The number of hydrogen-bond donors (Lipinski definition) is 2. The summed E-state index contributed by atoms with van der Waals surface area (Å²) in [5, 5.41) is 6.87. The molecule has 2 N–H and O–H groups in total. The Morgan fingerprint density at radius 3 is 2.57 bits per heavy atom. The number of nitrogens with zero attached hydrogens (tertiary/aromatic N) is 2. The second-order valence-electron chi connectivity index (χ2n) is 5.53. The van der Waals surface area contributed by atoms with Gasteiger partial charge < -0.3 is 15.5 Å². The first-order valence-corrected chi connectivity index (χ1v) is 7.60. The van der Waals surface area contributed by atoms with Gasteiger partial charge in [0.15, 0.2) is 5.96 Å². The quantitative estimate of drug-likeness (QED) is 0.496. The van der Waals surface area contributed by atoms with E-state index in [-0.39, 0.29) is 0 Å². The van der Waals surface area contributed by atoms with Gasteiger partial charge in [0.1, 0.15) is 0 Å². The van der Waals surface area contributed by atoms with Gasteiger partial charge in [-0.15, -0.1) is 0 Å². The number of nitrogens with one attached hydrogen (secondary N) is 2. The van der Waals surface area contributed by atoms with Crippen LogP contribution in [-0.2, 0) is 0 Å². The summed E-state index contributed by atoms with van der Waals surface area (Å²) in [6.07, 6.45) is 6.61. The number of guanidine groups is 1. The maximum atomic E-state index is 4.30. The van der Waals surface area contributed by atoms with Crippen molar-refractivity contribution in [3.63, 3.8) is 0 Å². The summed E-state index contributed by atoms with van der Waals surface area (Å²) in [4.78, 5) is 6.58. The van der Waals surface area contributed by atoms with E-state index in [2.05, 4.69) is 70.9 Å². The molecule has 4 nitrogen and oxygen atoms in total. The Labute approximate surface area is 128 Å². The van der Waals surface area contributed by atoms with Crippen molar-refractivity contribution < 1.29 is 0 Å². The molecular weight excluding hydrogens is 260 g/mol. The van der Waals surface area contributed by atoms with Gasteiger partial charge in [0.2, 0.25) is 0 Å². The number of benzene rings is 1. The Kier molecular flexibility index (Phi) is 5.67. The van der Waals surface area contributed by atoms with Crippen molar-refractivity contribution in [1.29, 1.82) is 0 Å². The summed E-state index contributed by atoms with van der Waals surface area (Å²) >= 11 is 0. The molecule has 1 aromatic carbocycles. The fourth-order valence-electron chi connectivity index (χ4n) is 2.42. The molecule has 0 spiro atoms. The van der Waals surface area contributed by atoms with Crippen LogP contribution in [0, 0.1) is 0 Å². The van der Waals surface area contributed by atoms with Gasteiger partial charge >= 0.3 is 0 Å². The molecule has 0 fully saturated rings. The van der Waals surface area contributed by atoms with Crippen LogP contribution in [-0.4, -0.2) is 38.7 Å². The third-order valence-corrected chi connectivity index (χ3v) is 3.96. The molecule has 0 amide bonds. The van der Waals surface area contributed by atoms with Crippen LogP contribution in [0.5, 0.6) is 0 Å². The van der Waals surface area contributed by atoms with Gasteiger partial charge in [-0.25, -0.2) is 0 Å². The fourth-order valence-corrected chi connectivity index (χ4v) is 2.42. The van der Waals surface area contributed by atoms with Gasteiger partial charge in [-0.1, -0.05) is 30.4 Å². The van der Waals surface area contributed by atoms with Crippen LogP contribution < -0.4 is 15.5 Å². The van der Waals surface area contributed by atoms with Crippen molar-refractivity contribution in [2.45, 2.75) is 31.8 Å². The average molecular weight is 286 g/mol. The van der Waals surface area contributed by atoms with E-state index in [1.807, 2.05) is 13.1 Å². The monoisotopic (exact) mass is 286 g/mol. The highest BCUT2D eigenvalue weighted by atomic mass is 15.2. The van der Waals surface area contributed by atoms with Crippen molar-refractivity contribution in [1.82, 2.24) is 10.6 Å². The molecule has 0 radical (unpaired) electrons. The zero-order chi connectivity index (χ0) is 15.1. The fraction of sp³-hybridized carbons (Fsp3) is 0.471. The first-order valence-electron chi connectivity index (χ1n) is 7.60. The first kappa shape index (κ1) is 15.4. The molecule has 0 heterocycles. The highest BCUT2D eigenvalue weighted by Crippen LogP contribution is 2.13. The predicted octanol–water partition coefficient (Wildman–Crippen LogP) is 2.39. The molecule has 1 aromatic rings. The SMILES string of the molecule is CN=C(NCC(C)N(C)c1ccccc1)NC1CC=CC1. The van der Waals surface area contributed by atoms with Gasteiger partial charge in [-0.05, 0) is 31.9 Å². The van der Waals surface area contributed by atoms with Crippen molar-refractivity contribution in [3.8, 4) is 0 Å². The average Bonchev–Trinajstić information content (AvgIpc) is 3.04. The highest BCUT2D eigenvalue weighted by molar-refractivity contribution is 5.80. The number of likely N-dealkylation sites (N-methyl/N-ethyl adjacent to an activating group) is 1. The van der Waals surface area contributed by atoms with E-state index >= 15 is 0 Å². The van der Waals surface area contributed by atoms with E-state index in [0.717, 1.165) is 25.3 Å². The van der Waals surface area contributed by atoms with Crippen molar-refractivity contribution in [2.24, 2.45) is 4.99 Å². The zero-order valence-electron chi connectivity index (χ0n) is 13.2. The smallest absolute Gasteiger partial charge is 0.191 e. The van der Waals surface area contributed by atoms with Crippen LogP contribution in [0.15, 0.2) is 47.5 Å². The number of anilines is 1. The molecule has 2 rings (SSSR count). The maximum Gasteiger partial charge on any atom is 0.191 e. The van der Waals surface area contributed by atoms with E-state index in [1.165, 1.54) is 5.69 Å². The molecule has 21 heavy (non-hydrogen) atoms. The van der Waals surface area contributed by atoms with E-state index in [9.17, 15) is 0 Å². The highest BCUT2D eigenvalue weighted by Gasteiger charge is 2.13. The summed E-state index contributed by atoms with van der Waals surface area (Å²) in [5.74, 6) is 0.886. The lowest BCUT2D eigenvalue weighted by molar-refractivity contribution is 0.609. The lowest BCUT2D eigenvalue weighted by atomic mass is 10.2. The molecule has 0 aliphatic heterocycles. The Balaban J connectivity index is 1.80. The molecular formula is C17H26N4. The molecule has 0 saturated heterocycles. The Morgan fingerprint density at radius 2 is 1.95 bits per heavy atom. The third-order valence-electron chi connectivity index (χ3n) is 3.96. The van der Waals surface area contributed by atoms with Crippen LogP contribution in [0.4, 0.5) is 5.69 Å². The second-order valence-corrected chi connectivity index (χ2v) is 5.53. The minimum Gasteiger partial charge on any atom is -0.370 e. The summed E-state index contributed by atoms with van der Waals surface area (Å²) in [6.45, 7) is 3.07. The first-order chi connectivity index (χ1) is 10.2. The number of para-hydroxylation sites is 1. The third kappa shape index (κ3) is 4.52. The van der Waals surface area contributed by atoms with Crippen LogP contribution in [0.2, 0.25) is 0 Å². The molecule has 0 aromatic heterocycles. The molecule has 4 heteroatoms. The van der Waals surface area contributed by atoms with Crippen LogP contribution in [0.25, 0.3) is 0 Å². The van der Waals surface area contributed by atoms with E-state index in [4.69, 9.17) is 0 Å². The zero-order valence-corrected chi connectivity index (χ0v) is 13.2. The summed E-state index contributed by atoms with van der Waals surface area (Å²) < 4.78 is 0. The standard InChI is InChI=1S/C17H26N4/c1-14(21(3)16-11-5-4-6-12-16)13-19-17(18-2)20-15-9-7-8-10-15/h4-8,11-12,14-15H,9-10,13H2,1-3H3,(H2,18,19,20). The van der Waals surface area contributed by atoms with Gasteiger partial charge in [0.25, 0.3) is 0 Å². The van der Waals surface area contributed by atoms with Gasteiger partial charge in [-0.3, -0.25) is 4.99 Å². The number of rotatable bonds is 5. The van der Waals surface area contributed by atoms with E-state index in [1.54, 1.807) is 0 Å². The summed E-state index contributed by atoms with van der Waals surface area (Å²) in [7, 11) is 3.95. The molecule has 1 aliphatic carbocycles. The predicted molar refractivity (Wildman–Crippen MR) is 91.0 cm³/mol. The Bertz CT molecular complexity index is 473. The number of aliphatic imine (C=N–C) groups is 1. The molecule has 1 unspecified atom stereocenters. The molecule has 0 saturated carbocycles. The van der Waals surface area contributed by atoms with Gasteiger partial charge in [-0.2, -0.15) is 0 Å². The minimum atomic E-state index is 0.382. The topological polar surface area (TPSA) is 39.7 Å². The van der Waals surface area contributed by atoms with Gasteiger partial charge in [0.05, 0.1) is 0 Å². The van der Waals surface area contributed by atoms with Crippen molar-refractivity contribution in [3.05, 3.63) is 42.5 Å². The van der Waals surface area contributed by atoms with Crippen molar-refractivity contribution >= 4 is 11.6 Å². The van der Waals surface area contributed by atoms with Crippen LogP contribution >= 0.6 is 0 Å². The van der Waals surface area contributed by atoms with Gasteiger partial charge in [0, 0.05) is 38.4 Å². The van der Waals surface area contributed by atoms with E-state index < -0.39 is 0 Å². The molecule has 0 bridgehead atoms. The summed E-state index contributed by atoms with van der Waals surface area (Å²) in [5.41, 5.74) is 1.23. The molecule has 114 valence electrons. The van der Waals surface area contributed by atoms with Crippen LogP contribution in [0.1, 0.15) is 19.8 Å². The normalized spacial score (nSPS) is 16.8. The maximum absolute atomic E-state index is 4.30. The lowest BCUT2D eigenvalue weighted by Gasteiger charge is -2.28. The second kappa shape index (κ2) is 7.72. The number of hydrogen-bond acceptors (Lipinski definition) is 2. The Morgan fingerprint density at radius 1 is 1.29 bits per heavy atom. The molecule has 1 aliphatic rings. The van der Waals surface area contributed by atoms with Crippen LogP contribution in [0.3, 0.4) is 0 Å². The molecule has 1 atom stereocenters. The summed E-state index contributed by atoms with van der Waals surface area (Å²) in [6, 6.07) is 11.3. The Hall–Kier alpha value is -1.97. The largest absolute Gasteiger partial charge is 0.370 e. The van der Waals surface area contributed by atoms with Crippen molar-refractivity contribution in [2.75, 3.05) is 25.5 Å².